The van der Waals surface area contributed by atoms with Crippen LogP contribution in [0.3, 0.4) is 0 Å². The molecular weight excluding hydrogens is 226 g/mol. The number of carbonyl (C=O) groups excluding carboxylic acids is 1. The minimum atomic E-state index is 0.0296. The third kappa shape index (κ3) is 2.97. The molecule has 3 heteroatoms. The van der Waals surface area contributed by atoms with E-state index in [-0.39, 0.29) is 17.5 Å². The first-order valence-electron chi connectivity index (χ1n) is 6.49. The molecule has 2 rings (SSSR count). The predicted molar refractivity (Wildman–Crippen MR) is 73.3 cm³/mol. The number of hydrogen-bond donors (Lipinski definition) is 1. The number of rotatable bonds is 1. The zero-order valence-electron chi connectivity index (χ0n) is 11.5. The molecule has 1 atom stereocenters. The first kappa shape index (κ1) is 14.4. The number of allylic oxidation sites excluding steroid dienone is 1. The molecule has 1 aromatic rings. The third-order valence-corrected chi connectivity index (χ3v) is 3.02. The van der Waals surface area contributed by atoms with Gasteiger partial charge in [-0.05, 0) is 37.5 Å². The van der Waals surface area contributed by atoms with Crippen LogP contribution in [0, 0.1) is 12.8 Å². The van der Waals surface area contributed by atoms with Crippen LogP contribution in [0.15, 0.2) is 23.9 Å². The van der Waals surface area contributed by atoms with E-state index in [0.29, 0.717) is 17.7 Å². The van der Waals surface area contributed by atoms with Crippen molar-refractivity contribution in [2.75, 3.05) is 0 Å². The summed E-state index contributed by atoms with van der Waals surface area (Å²) in [5, 5.41) is 10.0. The van der Waals surface area contributed by atoms with E-state index in [1.54, 1.807) is 12.3 Å². The quantitative estimate of drug-likeness (QED) is 0.608. The Kier molecular flexibility index (Phi) is 5.08. The minimum Gasteiger partial charge on any atom is -0.505 e. The number of hydrogen-bond acceptors (Lipinski definition) is 3. The minimum absolute atomic E-state index is 0.0296. The lowest BCUT2D eigenvalue weighted by Gasteiger charge is -2.04. The average molecular weight is 247 g/mol. The molecule has 0 aromatic carbocycles. The first-order valence-corrected chi connectivity index (χ1v) is 6.49. The highest BCUT2D eigenvalue weighted by atomic mass is 16.3. The highest BCUT2D eigenvalue weighted by Crippen LogP contribution is 2.30. The van der Waals surface area contributed by atoms with Gasteiger partial charge in [0.2, 0.25) is 0 Å². The summed E-state index contributed by atoms with van der Waals surface area (Å²) in [7, 11) is 0. The number of aromatic nitrogens is 1. The second-order valence-corrected chi connectivity index (χ2v) is 4.35. The SMILES string of the molecule is CC.Cc1ccnc(/C(O)=C2\CCC(C)C2=O)c1. The van der Waals surface area contributed by atoms with Gasteiger partial charge in [0.15, 0.2) is 5.78 Å². The van der Waals surface area contributed by atoms with Crippen molar-refractivity contribution >= 4 is 11.5 Å². The van der Waals surface area contributed by atoms with E-state index < -0.39 is 0 Å². The molecule has 1 unspecified atom stereocenters. The van der Waals surface area contributed by atoms with E-state index in [0.717, 1.165) is 12.0 Å². The van der Waals surface area contributed by atoms with Crippen molar-refractivity contribution in [1.82, 2.24) is 4.98 Å². The molecule has 1 fully saturated rings. The molecule has 0 saturated heterocycles. The zero-order valence-corrected chi connectivity index (χ0v) is 11.5. The van der Waals surface area contributed by atoms with Crippen molar-refractivity contribution in [3.63, 3.8) is 0 Å². The second kappa shape index (κ2) is 6.34. The van der Waals surface area contributed by atoms with Gasteiger partial charge in [-0.2, -0.15) is 0 Å². The predicted octanol–water partition coefficient (Wildman–Crippen LogP) is 3.68. The van der Waals surface area contributed by atoms with Crippen molar-refractivity contribution in [3.05, 3.63) is 35.2 Å². The van der Waals surface area contributed by atoms with E-state index in [1.807, 2.05) is 33.8 Å². The molecule has 0 bridgehead atoms. The average Bonchev–Trinajstić information content (AvgIpc) is 2.72. The van der Waals surface area contributed by atoms with Gasteiger partial charge in [0, 0.05) is 17.7 Å². The third-order valence-electron chi connectivity index (χ3n) is 3.02. The smallest absolute Gasteiger partial charge is 0.165 e. The van der Waals surface area contributed by atoms with E-state index in [4.69, 9.17) is 0 Å². The molecule has 0 spiro atoms. The Morgan fingerprint density at radius 3 is 2.61 bits per heavy atom. The molecule has 1 aliphatic carbocycles. The molecule has 18 heavy (non-hydrogen) atoms. The Bertz CT molecular complexity index is 463. The summed E-state index contributed by atoms with van der Waals surface area (Å²) in [4.78, 5) is 15.8. The van der Waals surface area contributed by atoms with Gasteiger partial charge >= 0.3 is 0 Å². The monoisotopic (exact) mass is 247 g/mol. The lowest BCUT2D eigenvalue weighted by Crippen LogP contribution is -2.05. The van der Waals surface area contributed by atoms with Crippen LogP contribution in [-0.4, -0.2) is 15.9 Å². The standard InChI is InChI=1S/C13H15NO2.C2H6/c1-8-5-6-14-11(7-8)13(16)10-4-3-9(2)12(10)15;1-2/h5-7,9,16H,3-4H2,1-2H3;1-2H3/b13-10-;. The van der Waals surface area contributed by atoms with Crippen LogP contribution in [0.4, 0.5) is 0 Å². The van der Waals surface area contributed by atoms with Gasteiger partial charge in [-0.3, -0.25) is 9.78 Å². The van der Waals surface area contributed by atoms with Gasteiger partial charge in [-0.15, -0.1) is 0 Å². The number of aliphatic hydroxyl groups is 1. The Labute approximate surface area is 109 Å². The van der Waals surface area contributed by atoms with Gasteiger partial charge in [0.1, 0.15) is 11.5 Å². The number of pyridine rings is 1. The van der Waals surface area contributed by atoms with Gasteiger partial charge < -0.3 is 5.11 Å². The van der Waals surface area contributed by atoms with Crippen molar-refractivity contribution in [1.29, 1.82) is 0 Å². The summed E-state index contributed by atoms with van der Waals surface area (Å²) >= 11 is 0. The van der Waals surface area contributed by atoms with Crippen LogP contribution in [0.5, 0.6) is 0 Å². The number of nitrogens with zero attached hydrogens (tertiary/aromatic N) is 1. The molecule has 98 valence electrons. The Morgan fingerprint density at radius 2 is 2.11 bits per heavy atom. The van der Waals surface area contributed by atoms with E-state index in [2.05, 4.69) is 4.98 Å². The van der Waals surface area contributed by atoms with Crippen molar-refractivity contribution in [3.8, 4) is 0 Å². The summed E-state index contributed by atoms with van der Waals surface area (Å²) in [6, 6.07) is 3.65. The topological polar surface area (TPSA) is 50.2 Å². The molecule has 1 aliphatic rings. The molecule has 0 amide bonds. The highest BCUT2D eigenvalue weighted by molar-refractivity contribution is 6.04. The summed E-state index contributed by atoms with van der Waals surface area (Å²) in [5.41, 5.74) is 2.05. The number of carbonyl (C=O) groups is 1. The molecule has 1 N–H and O–H groups in total. The van der Waals surface area contributed by atoms with E-state index in [9.17, 15) is 9.90 Å². The lowest BCUT2D eigenvalue weighted by atomic mass is 10.1. The van der Waals surface area contributed by atoms with Crippen LogP contribution in [-0.2, 0) is 4.79 Å². The highest BCUT2D eigenvalue weighted by Gasteiger charge is 2.29. The number of ketones is 1. The summed E-state index contributed by atoms with van der Waals surface area (Å²) < 4.78 is 0. The van der Waals surface area contributed by atoms with Gasteiger partial charge in [0.05, 0.1) is 0 Å². The fourth-order valence-electron chi connectivity index (χ4n) is 1.97. The molecule has 0 aliphatic heterocycles. The maximum Gasteiger partial charge on any atom is 0.165 e. The summed E-state index contributed by atoms with van der Waals surface area (Å²) in [5.74, 6) is 0.140. The van der Waals surface area contributed by atoms with E-state index >= 15 is 0 Å². The normalized spacial score (nSPS) is 21.3. The molecular formula is C15H21NO2. The maximum absolute atomic E-state index is 11.8. The molecule has 3 nitrogen and oxygen atoms in total. The van der Waals surface area contributed by atoms with Crippen LogP contribution in [0.25, 0.3) is 5.76 Å². The first-order chi connectivity index (χ1) is 8.59. The van der Waals surface area contributed by atoms with Crippen molar-refractivity contribution in [2.24, 2.45) is 5.92 Å². The van der Waals surface area contributed by atoms with Gasteiger partial charge in [0.25, 0.3) is 0 Å². The molecule has 1 saturated carbocycles. The maximum atomic E-state index is 11.8. The molecule has 1 aromatic heterocycles. The Morgan fingerprint density at radius 1 is 1.44 bits per heavy atom. The Balaban J connectivity index is 0.000000771. The largest absolute Gasteiger partial charge is 0.505 e. The number of aliphatic hydroxyl groups excluding tert-OH is 1. The number of Topliss-reactive ketones (excluding diaryl/α,β-unsaturated/α-hetero) is 1. The Hall–Kier alpha value is -1.64. The van der Waals surface area contributed by atoms with Crippen LogP contribution >= 0.6 is 0 Å². The van der Waals surface area contributed by atoms with E-state index in [1.165, 1.54) is 0 Å². The zero-order chi connectivity index (χ0) is 13.7. The van der Waals surface area contributed by atoms with Crippen LogP contribution < -0.4 is 0 Å². The fourth-order valence-corrected chi connectivity index (χ4v) is 1.97. The fraction of sp³-hybridized carbons (Fsp3) is 0.467. The van der Waals surface area contributed by atoms with Crippen LogP contribution in [0.1, 0.15) is 44.9 Å². The van der Waals surface area contributed by atoms with Crippen LogP contribution in [0.2, 0.25) is 0 Å². The summed E-state index contributed by atoms with van der Waals surface area (Å²) in [6.45, 7) is 7.83. The second-order valence-electron chi connectivity index (χ2n) is 4.35. The number of aryl methyl sites for hydroxylation is 1. The molecule has 1 heterocycles. The van der Waals surface area contributed by atoms with Crippen molar-refractivity contribution < 1.29 is 9.90 Å². The molecule has 0 radical (unpaired) electrons. The van der Waals surface area contributed by atoms with Gasteiger partial charge in [-0.25, -0.2) is 0 Å². The van der Waals surface area contributed by atoms with Gasteiger partial charge in [-0.1, -0.05) is 20.8 Å². The summed E-state index contributed by atoms with van der Waals surface area (Å²) in [6.07, 6.45) is 3.12. The van der Waals surface area contributed by atoms with Crippen molar-refractivity contribution in [2.45, 2.75) is 40.5 Å². The lowest BCUT2D eigenvalue weighted by molar-refractivity contribution is -0.117.